The highest BCUT2D eigenvalue weighted by Gasteiger charge is 2.38. The molecule has 10 heteroatoms. The van der Waals surface area contributed by atoms with Gasteiger partial charge in [0.05, 0.1) is 17.9 Å². The van der Waals surface area contributed by atoms with Gasteiger partial charge in [-0.05, 0) is 80.1 Å². The van der Waals surface area contributed by atoms with Crippen molar-refractivity contribution < 1.29 is 17.9 Å². The fraction of sp³-hybridized carbons (Fsp3) is 0.393. The summed E-state index contributed by atoms with van der Waals surface area (Å²) in [7, 11) is -4.35. The van der Waals surface area contributed by atoms with Gasteiger partial charge in [0.2, 0.25) is 0 Å². The van der Waals surface area contributed by atoms with Crippen LogP contribution >= 0.6 is 0 Å². The third-order valence-electron chi connectivity index (χ3n) is 6.91. The summed E-state index contributed by atoms with van der Waals surface area (Å²) in [6, 6.07) is 12.0. The lowest BCUT2D eigenvalue weighted by Crippen LogP contribution is -2.39. The number of nitrogen functional groups attached to an aromatic ring is 1. The Bertz CT molecular complexity index is 1530. The van der Waals surface area contributed by atoms with E-state index in [4.69, 9.17) is 15.5 Å². The molecule has 5 rings (SSSR count). The third kappa shape index (κ3) is 4.80. The van der Waals surface area contributed by atoms with Crippen molar-refractivity contribution in [1.29, 1.82) is 0 Å². The number of hydrogen-bond donors (Lipinski definition) is 2. The van der Waals surface area contributed by atoms with Crippen LogP contribution in [0.3, 0.4) is 0 Å². The molecule has 3 aromatic rings. The van der Waals surface area contributed by atoms with Crippen molar-refractivity contribution in [1.82, 2.24) is 14.7 Å². The Labute approximate surface area is 223 Å². The van der Waals surface area contributed by atoms with E-state index in [2.05, 4.69) is 35.4 Å². The standard InChI is InChI=1S/C28H33N5O4S/c1-16(2)15-37-20-11-18-10-19(12-20)25-22(7-9-24(31-25)33-14-17(3)13-28(33,4)5)26(34)32-38(35,36)27-21(18)6-8-23(29)30-27/h6-12,16-17H,13-15H2,1-5H3,(H2,29,30)(H,32,34). The molecular formula is C28H33N5O4S. The molecule has 0 spiro atoms. The molecule has 1 unspecified atom stereocenters. The quantitative estimate of drug-likeness (QED) is 0.500. The first-order valence-electron chi connectivity index (χ1n) is 12.7. The van der Waals surface area contributed by atoms with Gasteiger partial charge in [-0.3, -0.25) is 4.79 Å². The molecule has 2 aliphatic rings. The van der Waals surface area contributed by atoms with E-state index in [9.17, 15) is 13.2 Å². The van der Waals surface area contributed by atoms with E-state index in [1.807, 2.05) is 26.0 Å². The Morgan fingerprint density at radius 2 is 1.82 bits per heavy atom. The second-order valence-electron chi connectivity index (χ2n) is 11.3. The maximum Gasteiger partial charge on any atom is 0.282 e. The number of nitrogens with two attached hydrogens (primary N) is 1. The van der Waals surface area contributed by atoms with Crippen LogP contribution in [0.1, 0.15) is 51.4 Å². The summed E-state index contributed by atoms with van der Waals surface area (Å²) in [6.07, 6.45) is 1.01. The maximum absolute atomic E-state index is 13.4. The Hall–Kier alpha value is -3.66. The number of sulfonamides is 1. The van der Waals surface area contributed by atoms with Crippen molar-refractivity contribution in [3.05, 3.63) is 48.0 Å². The Morgan fingerprint density at radius 3 is 2.50 bits per heavy atom. The number of carbonyl (C=O) groups is 1. The van der Waals surface area contributed by atoms with Crippen molar-refractivity contribution in [2.45, 2.75) is 51.6 Å². The number of amides is 1. The Kier molecular flexibility index (Phi) is 6.33. The normalized spacial score (nSPS) is 19.5. The van der Waals surface area contributed by atoms with Crippen molar-refractivity contribution in [3.63, 3.8) is 0 Å². The predicted molar refractivity (Wildman–Crippen MR) is 148 cm³/mol. The first-order valence-corrected chi connectivity index (χ1v) is 14.2. The fourth-order valence-corrected chi connectivity index (χ4v) is 6.49. The number of carbonyl (C=O) groups excluding carboxylic acids is 1. The second-order valence-corrected chi connectivity index (χ2v) is 12.9. The third-order valence-corrected chi connectivity index (χ3v) is 8.19. The molecule has 2 aliphatic heterocycles. The molecule has 1 saturated heterocycles. The van der Waals surface area contributed by atoms with Crippen LogP contribution in [0.2, 0.25) is 0 Å². The van der Waals surface area contributed by atoms with Gasteiger partial charge in [0.15, 0.2) is 5.03 Å². The number of hydrogen-bond acceptors (Lipinski definition) is 8. The minimum atomic E-state index is -4.35. The first-order chi connectivity index (χ1) is 17.8. The van der Waals surface area contributed by atoms with E-state index < -0.39 is 15.9 Å². The number of ether oxygens (including phenoxy) is 1. The molecule has 2 aromatic heterocycles. The van der Waals surface area contributed by atoms with Crippen molar-refractivity contribution >= 4 is 27.6 Å². The van der Waals surface area contributed by atoms with Gasteiger partial charge >= 0.3 is 0 Å². The number of nitrogens with zero attached hydrogens (tertiary/aromatic N) is 3. The molecular weight excluding hydrogens is 502 g/mol. The summed E-state index contributed by atoms with van der Waals surface area (Å²) in [5.74, 6) is 1.28. The summed E-state index contributed by atoms with van der Waals surface area (Å²) < 4.78 is 35.0. The van der Waals surface area contributed by atoms with E-state index in [1.165, 1.54) is 6.07 Å². The van der Waals surface area contributed by atoms with Gasteiger partial charge in [0.25, 0.3) is 15.9 Å². The van der Waals surface area contributed by atoms with Gasteiger partial charge in [0.1, 0.15) is 17.4 Å². The zero-order valence-corrected chi connectivity index (χ0v) is 23.1. The average Bonchev–Trinajstić information content (AvgIpc) is 3.13. The van der Waals surface area contributed by atoms with Gasteiger partial charge in [-0.25, -0.2) is 14.7 Å². The molecule has 9 nitrogen and oxygen atoms in total. The first kappa shape index (κ1) is 26.0. The number of aromatic nitrogens is 2. The van der Waals surface area contributed by atoms with Crippen LogP contribution in [0.25, 0.3) is 22.4 Å². The summed E-state index contributed by atoms with van der Waals surface area (Å²) in [4.78, 5) is 24.7. The second kappa shape index (κ2) is 9.27. The lowest BCUT2D eigenvalue weighted by atomic mass is 9.97. The van der Waals surface area contributed by atoms with E-state index in [1.54, 1.807) is 24.3 Å². The summed E-state index contributed by atoms with van der Waals surface area (Å²) in [5.41, 5.74) is 7.77. The molecule has 200 valence electrons. The lowest BCUT2D eigenvalue weighted by molar-refractivity contribution is 0.0981. The molecule has 0 aliphatic carbocycles. The van der Waals surface area contributed by atoms with Crippen LogP contribution in [0.4, 0.5) is 11.6 Å². The monoisotopic (exact) mass is 535 g/mol. The largest absolute Gasteiger partial charge is 0.493 e. The van der Waals surface area contributed by atoms with Crippen LogP contribution in [-0.4, -0.2) is 43.0 Å². The van der Waals surface area contributed by atoms with Crippen molar-refractivity contribution in [2.24, 2.45) is 11.8 Å². The van der Waals surface area contributed by atoms with E-state index >= 15 is 0 Å². The minimum absolute atomic E-state index is 0.0280. The topological polar surface area (TPSA) is 128 Å². The lowest BCUT2D eigenvalue weighted by Gasteiger charge is -2.33. The van der Waals surface area contributed by atoms with Gasteiger partial charge in [-0.2, -0.15) is 8.42 Å². The van der Waals surface area contributed by atoms with Crippen molar-refractivity contribution in [3.8, 4) is 28.1 Å². The Morgan fingerprint density at radius 1 is 1.11 bits per heavy atom. The molecule has 3 N–H and O–H groups in total. The highest BCUT2D eigenvalue weighted by atomic mass is 32.2. The highest BCUT2D eigenvalue weighted by molar-refractivity contribution is 7.90. The molecule has 4 heterocycles. The molecule has 1 amide bonds. The molecule has 1 aromatic carbocycles. The highest BCUT2D eigenvalue weighted by Crippen LogP contribution is 2.40. The van der Waals surface area contributed by atoms with Crippen molar-refractivity contribution in [2.75, 3.05) is 23.8 Å². The molecule has 38 heavy (non-hydrogen) atoms. The van der Waals surface area contributed by atoms with E-state index in [0.29, 0.717) is 40.7 Å². The zero-order valence-electron chi connectivity index (χ0n) is 22.3. The summed E-state index contributed by atoms with van der Waals surface area (Å²) in [5, 5.41) is -0.321. The van der Waals surface area contributed by atoms with Gasteiger partial charge in [-0.15, -0.1) is 0 Å². The molecule has 2 bridgehead atoms. The number of anilines is 2. The number of fused-ring (bicyclic) bond motifs is 6. The fourth-order valence-electron chi connectivity index (χ4n) is 5.33. The van der Waals surface area contributed by atoms with Crippen LogP contribution in [0, 0.1) is 11.8 Å². The van der Waals surface area contributed by atoms with Gasteiger partial charge in [-0.1, -0.05) is 20.8 Å². The molecule has 0 saturated carbocycles. The SMILES string of the molecule is CC(C)COc1cc2cc(c1)-c1nc(N3CC(C)CC3(C)C)ccc1C(=O)NS(=O)(=O)c1nc(N)ccc1-2. The van der Waals surface area contributed by atoms with E-state index in [0.717, 1.165) is 18.8 Å². The molecule has 0 radical (unpaired) electrons. The maximum atomic E-state index is 13.4. The predicted octanol–water partition coefficient (Wildman–Crippen LogP) is 4.48. The number of pyridine rings is 2. The smallest absolute Gasteiger partial charge is 0.282 e. The number of nitrogens with one attached hydrogen (secondary N) is 1. The van der Waals surface area contributed by atoms with E-state index in [-0.39, 0.29) is 27.9 Å². The van der Waals surface area contributed by atoms with Crippen LogP contribution in [0.15, 0.2) is 47.5 Å². The molecule has 1 atom stereocenters. The van der Waals surface area contributed by atoms with Gasteiger partial charge < -0.3 is 15.4 Å². The minimum Gasteiger partial charge on any atom is -0.493 e. The average molecular weight is 536 g/mol. The summed E-state index contributed by atoms with van der Waals surface area (Å²) >= 11 is 0. The number of rotatable bonds is 4. The molecule has 1 fully saturated rings. The summed E-state index contributed by atoms with van der Waals surface area (Å²) in [6.45, 7) is 12.0. The zero-order chi connectivity index (χ0) is 27.4. The van der Waals surface area contributed by atoms with Gasteiger partial charge in [0, 0.05) is 23.2 Å². The van der Waals surface area contributed by atoms with Crippen LogP contribution < -0.4 is 20.1 Å². The Balaban J connectivity index is 1.77. The number of benzene rings is 1. The van der Waals surface area contributed by atoms with Crippen LogP contribution in [0.5, 0.6) is 5.75 Å². The van der Waals surface area contributed by atoms with Crippen LogP contribution in [-0.2, 0) is 10.0 Å².